The van der Waals surface area contributed by atoms with Crippen molar-refractivity contribution in [3.8, 4) is 0 Å². The maximum absolute atomic E-state index is 10.7. The van der Waals surface area contributed by atoms with Crippen LogP contribution in [0.5, 0.6) is 0 Å². The molecule has 3 rings (SSSR count). The number of alkyl halides is 1. The summed E-state index contributed by atoms with van der Waals surface area (Å²) in [7, 11) is 0. The molecule has 0 spiro atoms. The average Bonchev–Trinajstić information content (AvgIpc) is 2.20. The lowest BCUT2D eigenvalue weighted by molar-refractivity contribution is -0.160. The number of carboxylic acid groups (broad SMARTS) is 1. The molecule has 0 atom stereocenters. The molecule has 2 N–H and O–H groups in total. The summed E-state index contributed by atoms with van der Waals surface area (Å²) in [4.78, 5) is 10.7. The summed E-state index contributed by atoms with van der Waals surface area (Å²) in [6.45, 7) is 0.552. The highest BCUT2D eigenvalue weighted by Crippen LogP contribution is 2.45. The Morgan fingerprint density at radius 3 is 2.47 bits per heavy atom. The molecule has 0 aromatic rings. The van der Waals surface area contributed by atoms with E-state index in [9.17, 15) is 4.79 Å². The lowest BCUT2D eigenvalue weighted by Gasteiger charge is -2.52. The molecule has 0 radical (unpaired) electrons. The number of carbonyl (C=O) groups is 1. The van der Waals surface area contributed by atoms with Gasteiger partial charge in [0.05, 0.1) is 17.7 Å². The topological polar surface area (TPSA) is 58.6 Å². The van der Waals surface area contributed by atoms with Gasteiger partial charge in [0, 0.05) is 4.43 Å². The van der Waals surface area contributed by atoms with Crippen LogP contribution in [0.15, 0.2) is 0 Å². The predicted octanol–water partition coefficient (Wildman–Crippen LogP) is 2.16. The first-order valence-electron chi connectivity index (χ1n) is 5.31. The Bertz CT molecular complexity index is 245. The van der Waals surface area contributed by atoms with Crippen LogP contribution in [-0.4, -0.2) is 33.4 Å². The van der Waals surface area contributed by atoms with Gasteiger partial charge in [-0.1, -0.05) is 22.6 Å². The van der Waals surface area contributed by atoms with E-state index in [4.69, 9.17) is 9.84 Å². The number of ether oxygens (including phenoxy) is 1. The smallest absolute Gasteiger partial charge is 0.405 e. The van der Waals surface area contributed by atoms with Crippen molar-refractivity contribution in [1.29, 1.82) is 0 Å². The van der Waals surface area contributed by atoms with Crippen LogP contribution in [0.25, 0.3) is 0 Å². The van der Waals surface area contributed by atoms with Crippen molar-refractivity contribution in [3.05, 3.63) is 0 Å². The monoisotopic (exact) mass is 325 g/mol. The second-order valence-corrected chi connectivity index (χ2v) is 5.70. The predicted molar refractivity (Wildman–Crippen MR) is 64.5 cm³/mol. The molecule has 2 aliphatic heterocycles. The average molecular weight is 325 g/mol. The lowest BCUT2D eigenvalue weighted by atomic mass is 9.70. The number of halogens is 1. The number of hydrogen-bond donors (Lipinski definition) is 2. The van der Waals surface area contributed by atoms with Gasteiger partial charge in [-0.15, -0.1) is 0 Å². The van der Waals surface area contributed by atoms with Gasteiger partial charge in [-0.3, -0.25) is 0 Å². The third-order valence-corrected chi connectivity index (χ3v) is 4.23. The highest BCUT2D eigenvalue weighted by Gasteiger charge is 2.49. The van der Waals surface area contributed by atoms with E-state index in [1.807, 2.05) is 0 Å². The summed E-state index contributed by atoms with van der Waals surface area (Å²) in [5.74, 6) is 0. The minimum absolute atomic E-state index is 0.0587. The number of nitrogens with one attached hydrogen (secondary N) is 1. The minimum atomic E-state index is -0.929. The minimum Gasteiger partial charge on any atom is -0.465 e. The highest BCUT2D eigenvalue weighted by molar-refractivity contribution is 14.1. The standard InChI is InChI=1S/C10H16INO3/c11-6-5-10-3-1-9(2-4-10,7-15-10)12-8(13)14/h12H,1-7H2,(H,13,14). The van der Waals surface area contributed by atoms with Crippen LogP contribution in [0.3, 0.4) is 0 Å². The second kappa shape index (κ2) is 4.08. The van der Waals surface area contributed by atoms with Crippen LogP contribution in [0, 0.1) is 0 Å². The van der Waals surface area contributed by atoms with Crippen molar-refractivity contribution in [2.24, 2.45) is 0 Å². The molecule has 5 heteroatoms. The molecule has 4 nitrogen and oxygen atoms in total. The van der Waals surface area contributed by atoms with Crippen LogP contribution in [0.2, 0.25) is 0 Å². The first kappa shape index (κ1) is 11.4. The fourth-order valence-electron chi connectivity index (χ4n) is 2.65. The first-order valence-corrected chi connectivity index (χ1v) is 6.83. The van der Waals surface area contributed by atoms with Crippen molar-refractivity contribution in [2.45, 2.75) is 43.2 Å². The van der Waals surface area contributed by atoms with E-state index in [-0.39, 0.29) is 11.1 Å². The van der Waals surface area contributed by atoms with Crippen molar-refractivity contribution >= 4 is 28.7 Å². The molecule has 1 saturated carbocycles. The van der Waals surface area contributed by atoms with Gasteiger partial charge in [0.1, 0.15) is 0 Å². The van der Waals surface area contributed by atoms with Crippen LogP contribution in [0.1, 0.15) is 32.1 Å². The van der Waals surface area contributed by atoms with Gasteiger partial charge in [-0.2, -0.15) is 0 Å². The van der Waals surface area contributed by atoms with Crippen molar-refractivity contribution in [3.63, 3.8) is 0 Å². The van der Waals surface area contributed by atoms with Crippen molar-refractivity contribution < 1.29 is 14.6 Å². The summed E-state index contributed by atoms with van der Waals surface area (Å²) in [5.41, 5.74) is -0.234. The second-order valence-electron chi connectivity index (χ2n) is 4.62. The Labute approximate surface area is 103 Å². The molecule has 2 saturated heterocycles. The molecule has 0 aromatic heterocycles. The van der Waals surface area contributed by atoms with Gasteiger partial charge in [-0.25, -0.2) is 4.79 Å². The maximum Gasteiger partial charge on any atom is 0.405 e. The number of fused-ring (bicyclic) bond motifs is 3. The summed E-state index contributed by atoms with van der Waals surface area (Å²) >= 11 is 2.37. The van der Waals surface area contributed by atoms with E-state index >= 15 is 0 Å². The van der Waals surface area contributed by atoms with Crippen molar-refractivity contribution in [1.82, 2.24) is 5.32 Å². The van der Waals surface area contributed by atoms with Crippen molar-refractivity contribution in [2.75, 3.05) is 11.0 Å². The zero-order chi connectivity index (χ0) is 10.9. The first-order chi connectivity index (χ1) is 7.10. The van der Waals surface area contributed by atoms with Gasteiger partial charge in [0.15, 0.2) is 0 Å². The molecular weight excluding hydrogens is 309 g/mol. The highest BCUT2D eigenvalue weighted by atomic mass is 127. The van der Waals surface area contributed by atoms with Gasteiger partial charge < -0.3 is 15.2 Å². The Hall–Kier alpha value is -0.0400. The molecule has 3 fully saturated rings. The van der Waals surface area contributed by atoms with E-state index in [1.165, 1.54) is 0 Å². The fraction of sp³-hybridized carbons (Fsp3) is 0.900. The van der Waals surface area contributed by atoms with E-state index in [0.717, 1.165) is 36.5 Å². The molecule has 1 amide bonds. The maximum atomic E-state index is 10.7. The summed E-state index contributed by atoms with van der Waals surface area (Å²) < 4.78 is 6.99. The Morgan fingerprint density at radius 2 is 2.07 bits per heavy atom. The van der Waals surface area contributed by atoms with Gasteiger partial charge in [-0.05, 0) is 32.1 Å². The summed E-state index contributed by atoms with van der Waals surface area (Å²) in [5, 5.41) is 11.4. The van der Waals surface area contributed by atoms with Crippen LogP contribution >= 0.6 is 22.6 Å². The Morgan fingerprint density at radius 1 is 1.40 bits per heavy atom. The number of amides is 1. The third kappa shape index (κ3) is 2.22. The largest absolute Gasteiger partial charge is 0.465 e. The molecule has 86 valence electrons. The SMILES string of the molecule is O=C(O)NC12CCC(CCI)(CC1)OC2. The molecule has 2 bridgehead atoms. The number of rotatable bonds is 3. The normalized spacial score (nSPS) is 39.0. The Kier molecular flexibility index (Phi) is 3.12. The fourth-order valence-corrected chi connectivity index (χ4v) is 3.63. The lowest BCUT2D eigenvalue weighted by Crippen LogP contribution is -2.62. The summed E-state index contributed by atoms with van der Waals surface area (Å²) in [6.07, 6.45) is 4.01. The zero-order valence-corrected chi connectivity index (χ0v) is 10.7. The Balaban J connectivity index is 2.00. The third-order valence-electron chi connectivity index (χ3n) is 3.70. The number of hydrogen-bond acceptors (Lipinski definition) is 2. The van der Waals surface area contributed by atoms with Crippen LogP contribution in [-0.2, 0) is 4.74 Å². The van der Waals surface area contributed by atoms with E-state index in [2.05, 4.69) is 27.9 Å². The molecule has 1 aliphatic carbocycles. The molecule has 0 aromatic carbocycles. The molecular formula is C10H16INO3. The summed E-state index contributed by atoms with van der Waals surface area (Å²) in [6, 6.07) is 0. The molecule has 2 heterocycles. The van der Waals surface area contributed by atoms with Crippen LogP contribution in [0.4, 0.5) is 4.79 Å². The zero-order valence-electron chi connectivity index (χ0n) is 8.59. The van der Waals surface area contributed by atoms with Gasteiger partial charge >= 0.3 is 6.09 Å². The van der Waals surface area contributed by atoms with E-state index in [0.29, 0.717) is 6.61 Å². The quantitative estimate of drug-likeness (QED) is 0.618. The van der Waals surface area contributed by atoms with Crippen LogP contribution < -0.4 is 5.32 Å². The molecule has 0 unspecified atom stereocenters. The van der Waals surface area contributed by atoms with Gasteiger partial charge in [0.25, 0.3) is 0 Å². The van der Waals surface area contributed by atoms with Gasteiger partial charge in [0.2, 0.25) is 0 Å². The van der Waals surface area contributed by atoms with E-state index in [1.54, 1.807) is 0 Å². The molecule has 3 aliphatic rings. The van der Waals surface area contributed by atoms with E-state index < -0.39 is 6.09 Å². The molecule has 15 heavy (non-hydrogen) atoms.